The highest BCUT2D eigenvalue weighted by Gasteiger charge is 2.53. The summed E-state index contributed by atoms with van der Waals surface area (Å²) in [6.07, 6.45) is 0.559. The van der Waals surface area contributed by atoms with Crippen LogP contribution in [0, 0.1) is 18.3 Å². The summed E-state index contributed by atoms with van der Waals surface area (Å²) in [6.45, 7) is 5.71. The Morgan fingerprint density at radius 3 is 2.57 bits per heavy atom. The molecule has 7 nitrogen and oxygen atoms in total. The lowest BCUT2D eigenvalue weighted by molar-refractivity contribution is -0.147. The van der Waals surface area contributed by atoms with Gasteiger partial charge in [0, 0.05) is 30.4 Å². The van der Waals surface area contributed by atoms with Crippen LogP contribution in [-0.2, 0) is 4.79 Å². The molecule has 1 saturated carbocycles. The Morgan fingerprint density at radius 2 is 1.83 bits per heavy atom. The summed E-state index contributed by atoms with van der Waals surface area (Å²) < 4.78 is 1.73. The standard InChI is InChI=1S/C28H28N4O3/c1-17-24(25(33)27(34)35)26(31-12-11-28(2)15-21(28)16-31)32-23(29-17)14-22(30-32)20-10-6-9-19(13-20)18-7-4-3-5-8-18/h3-10,13-14,21,25,33H,11-12,15-16H2,1-2H3,(H,34,35)/t21?,25-,28?/m0/s1. The van der Waals surface area contributed by atoms with Crippen molar-refractivity contribution in [3.05, 3.63) is 71.9 Å². The fraction of sp³-hybridized carbons (Fsp3) is 0.321. The molecule has 0 amide bonds. The predicted octanol–water partition coefficient (Wildman–Crippen LogP) is 4.73. The highest BCUT2D eigenvalue weighted by Crippen LogP contribution is 2.58. The maximum Gasteiger partial charge on any atom is 0.337 e. The summed E-state index contributed by atoms with van der Waals surface area (Å²) in [7, 11) is 0. The molecule has 2 unspecified atom stereocenters. The molecular formula is C28H28N4O3. The van der Waals surface area contributed by atoms with Gasteiger partial charge in [0.2, 0.25) is 0 Å². The second-order valence-corrected chi connectivity index (χ2v) is 10.2. The van der Waals surface area contributed by atoms with Crippen LogP contribution in [0.2, 0.25) is 0 Å². The van der Waals surface area contributed by atoms with Gasteiger partial charge in [-0.15, -0.1) is 0 Å². The van der Waals surface area contributed by atoms with Crippen LogP contribution in [0.5, 0.6) is 0 Å². The Hall–Kier alpha value is -3.71. The number of aromatic nitrogens is 3. The highest BCUT2D eigenvalue weighted by atomic mass is 16.4. The number of aliphatic hydroxyl groups is 1. The van der Waals surface area contributed by atoms with Gasteiger partial charge < -0.3 is 15.1 Å². The summed E-state index contributed by atoms with van der Waals surface area (Å²) in [6, 6.07) is 20.3. The molecule has 35 heavy (non-hydrogen) atoms. The third kappa shape index (κ3) is 3.67. The van der Waals surface area contributed by atoms with Gasteiger partial charge in [0.25, 0.3) is 0 Å². The number of hydrogen-bond acceptors (Lipinski definition) is 5. The lowest BCUT2D eigenvalue weighted by Gasteiger charge is -2.33. The predicted molar refractivity (Wildman–Crippen MR) is 134 cm³/mol. The molecule has 2 aromatic heterocycles. The van der Waals surface area contributed by atoms with Crippen LogP contribution in [0.25, 0.3) is 28.0 Å². The number of aliphatic hydroxyl groups excluding tert-OH is 1. The van der Waals surface area contributed by atoms with E-state index in [1.165, 1.54) is 6.42 Å². The lowest BCUT2D eigenvalue weighted by atomic mass is 9.97. The average molecular weight is 469 g/mol. The molecule has 178 valence electrons. The second kappa shape index (κ2) is 7.92. The van der Waals surface area contributed by atoms with E-state index in [4.69, 9.17) is 5.10 Å². The number of piperidine rings is 1. The summed E-state index contributed by atoms with van der Waals surface area (Å²) in [5.41, 5.74) is 5.79. The molecule has 4 aromatic rings. The fourth-order valence-corrected chi connectivity index (χ4v) is 5.53. The monoisotopic (exact) mass is 468 g/mol. The van der Waals surface area contributed by atoms with E-state index in [1.807, 2.05) is 36.4 Å². The van der Waals surface area contributed by atoms with Crippen molar-refractivity contribution in [3.63, 3.8) is 0 Å². The number of benzene rings is 2. The van der Waals surface area contributed by atoms with Crippen molar-refractivity contribution in [2.75, 3.05) is 18.0 Å². The molecule has 2 N–H and O–H groups in total. The fourth-order valence-electron chi connectivity index (χ4n) is 5.53. The van der Waals surface area contributed by atoms with E-state index in [9.17, 15) is 15.0 Å². The first-order chi connectivity index (χ1) is 16.8. The van der Waals surface area contributed by atoms with Crippen molar-refractivity contribution < 1.29 is 15.0 Å². The van der Waals surface area contributed by atoms with E-state index in [1.54, 1.807) is 11.4 Å². The normalized spacial score (nSPS) is 22.1. The number of carboxylic acid groups (broad SMARTS) is 1. The van der Waals surface area contributed by atoms with Crippen molar-refractivity contribution in [1.82, 2.24) is 14.6 Å². The number of rotatable bonds is 5. The van der Waals surface area contributed by atoms with Gasteiger partial charge >= 0.3 is 5.97 Å². The van der Waals surface area contributed by atoms with Crippen molar-refractivity contribution in [3.8, 4) is 22.4 Å². The number of carboxylic acids is 1. The number of fused-ring (bicyclic) bond motifs is 2. The zero-order valence-corrected chi connectivity index (χ0v) is 19.8. The molecule has 1 aliphatic carbocycles. The maximum absolute atomic E-state index is 11.8. The molecule has 0 radical (unpaired) electrons. The Balaban J connectivity index is 1.49. The van der Waals surface area contributed by atoms with E-state index in [0.29, 0.717) is 34.1 Å². The van der Waals surface area contributed by atoms with E-state index in [-0.39, 0.29) is 0 Å². The van der Waals surface area contributed by atoms with Gasteiger partial charge in [0.15, 0.2) is 11.8 Å². The molecule has 3 heterocycles. The zero-order chi connectivity index (χ0) is 24.3. The van der Waals surface area contributed by atoms with Gasteiger partial charge in [-0.25, -0.2) is 9.78 Å². The first-order valence-electron chi connectivity index (χ1n) is 12.1. The molecule has 2 aromatic carbocycles. The van der Waals surface area contributed by atoms with E-state index in [2.05, 4.69) is 41.1 Å². The van der Waals surface area contributed by atoms with Crippen LogP contribution < -0.4 is 4.90 Å². The quantitative estimate of drug-likeness (QED) is 0.440. The molecule has 0 spiro atoms. The van der Waals surface area contributed by atoms with Crippen LogP contribution in [-0.4, -0.2) is 43.9 Å². The summed E-state index contributed by atoms with van der Waals surface area (Å²) in [4.78, 5) is 18.7. The second-order valence-electron chi connectivity index (χ2n) is 10.2. The Morgan fingerprint density at radius 1 is 1.09 bits per heavy atom. The van der Waals surface area contributed by atoms with Crippen molar-refractivity contribution in [1.29, 1.82) is 0 Å². The van der Waals surface area contributed by atoms with Gasteiger partial charge in [0.1, 0.15) is 5.82 Å². The number of hydrogen-bond donors (Lipinski definition) is 2. The van der Waals surface area contributed by atoms with Gasteiger partial charge in [0.05, 0.1) is 11.3 Å². The minimum Gasteiger partial charge on any atom is -0.479 e. The zero-order valence-electron chi connectivity index (χ0n) is 19.8. The first-order valence-corrected chi connectivity index (χ1v) is 12.1. The van der Waals surface area contributed by atoms with Crippen LogP contribution in [0.4, 0.5) is 5.82 Å². The molecule has 2 fully saturated rings. The smallest absolute Gasteiger partial charge is 0.337 e. The number of anilines is 1. The third-order valence-corrected chi connectivity index (χ3v) is 7.81. The largest absolute Gasteiger partial charge is 0.479 e. The van der Waals surface area contributed by atoms with Gasteiger partial charge in [-0.05, 0) is 48.3 Å². The summed E-state index contributed by atoms with van der Waals surface area (Å²) >= 11 is 0. The van der Waals surface area contributed by atoms with E-state index >= 15 is 0 Å². The number of carbonyl (C=O) groups is 1. The molecule has 3 atom stereocenters. The Bertz CT molecular complexity index is 1450. The molecule has 7 heteroatoms. The van der Waals surface area contributed by atoms with Crippen LogP contribution in [0.3, 0.4) is 0 Å². The van der Waals surface area contributed by atoms with Crippen molar-refractivity contribution >= 4 is 17.4 Å². The number of aliphatic carboxylic acids is 1. The molecule has 6 rings (SSSR count). The lowest BCUT2D eigenvalue weighted by Crippen LogP contribution is -2.37. The van der Waals surface area contributed by atoms with E-state index < -0.39 is 12.1 Å². The molecule has 0 bridgehead atoms. The SMILES string of the molecule is Cc1nc2cc(-c3cccc(-c4ccccc4)c3)nn2c(N2CCC3(C)CC3C2)c1[C@H](O)C(=O)O. The van der Waals surface area contributed by atoms with Crippen LogP contribution >= 0.6 is 0 Å². The van der Waals surface area contributed by atoms with E-state index in [0.717, 1.165) is 41.9 Å². The number of aryl methyl sites for hydroxylation is 1. The van der Waals surface area contributed by atoms with Crippen molar-refractivity contribution in [2.45, 2.75) is 32.8 Å². The average Bonchev–Trinajstić information content (AvgIpc) is 3.36. The van der Waals surface area contributed by atoms with Crippen LogP contribution in [0.15, 0.2) is 60.7 Å². The Labute approximate surface area is 203 Å². The molecule has 1 aliphatic heterocycles. The summed E-state index contributed by atoms with van der Waals surface area (Å²) in [5.74, 6) is -0.0688. The van der Waals surface area contributed by atoms with Gasteiger partial charge in [-0.2, -0.15) is 9.61 Å². The third-order valence-electron chi connectivity index (χ3n) is 7.81. The maximum atomic E-state index is 11.8. The van der Waals surface area contributed by atoms with Crippen LogP contribution in [0.1, 0.15) is 37.1 Å². The topological polar surface area (TPSA) is 91.0 Å². The molecular weight excluding hydrogens is 440 g/mol. The summed E-state index contributed by atoms with van der Waals surface area (Å²) in [5, 5.41) is 25.2. The highest BCUT2D eigenvalue weighted by molar-refractivity contribution is 5.79. The van der Waals surface area contributed by atoms with Gasteiger partial charge in [-0.3, -0.25) is 0 Å². The number of nitrogens with zero attached hydrogens (tertiary/aromatic N) is 4. The minimum atomic E-state index is -1.66. The minimum absolute atomic E-state index is 0.321. The van der Waals surface area contributed by atoms with Crippen molar-refractivity contribution in [2.24, 2.45) is 11.3 Å². The molecule has 2 aliphatic rings. The molecule has 1 saturated heterocycles. The Kier molecular flexibility index (Phi) is 4.93. The van der Waals surface area contributed by atoms with Gasteiger partial charge in [-0.1, -0.05) is 55.5 Å². The first kappa shape index (κ1) is 21.8.